The van der Waals surface area contributed by atoms with Gasteiger partial charge in [-0.25, -0.2) is 0 Å². The van der Waals surface area contributed by atoms with Crippen molar-refractivity contribution in [1.82, 2.24) is 0 Å². The maximum atomic E-state index is 12.4. The number of benzene rings is 1. The van der Waals surface area contributed by atoms with E-state index in [1.807, 2.05) is 0 Å². The Morgan fingerprint density at radius 3 is 2.25 bits per heavy atom. The molecule has 0 aromatic heterocycles. The molecule has 0 radical (unpaired) electrons. The van der Waals surface area contributed by atoms with Crippen molar-refractivity contribution in [2.45, 2.75) is 11.1 Å². The van der Waals surface area contributed by atoms with E-state index in [1.165, 1.54) is 5.55 Å². The lowest BCUT2D eigenvalue weighted by atomic mass is 10.2. The highest BCUT2D eigenvalue weighted by atomic mass is 32.2. The van der Waals surface area contributed by atoms with Gasteiger partial charge in [-0.3, -0.25) is 0 Å². The minimum Gasteiger partial charge on any atom is -0.352 e. The van der Waals surface area contributed by atoms with Crippen LogP contribution in [0.15, 0.2) is 39.4 Å². The van der Waals surface area contributed by atoms with Crippen molar-refractivity contribution in [1.29, 1.82) is 0 Å². The molecule has 1 aliphatic rings. The first-order valence-corrected chi connectivity index (χ1v) is 8.42. The molecule has 5 nitrogen and oxygen atoms in total. The smallest absolute Gasteiger partial charge is 0.352 e. The molecular weight excluding hydrogens is 317 g/mol. The first-order chi connectivity index (χ1) is 9.20. The van der Waals surface area contributed by atoms with Crippen LogP contribution in [0.25, 0.3) is 0 Å². The fourth-order valence-corrected chi connectivity index (χ4v) is 3.36. The van der Waals surface area contributed by atoms with E-state index in [4.69, 9.17) is 4.18 Å². The number of alkyl halides is 3. The second-order valence-corrected chi connectivity index (χ2v) is 7.17. The van der Waals surface area contributed by atoms with E-state index in [0.717, 1.165) is 12.1 Å². The zero-order valence-electron chi connectivity index (χ0n) is 10.00. The van der Waals surface area contributed by atoms with E-state index in [0.29, 0.717) is 12.1 Å². The van der Waals surface area contributed by atoms with Crippen molar-refractivity contribution in [3.8, 4) is 0 Å². The van der Waals surface area contributed by atoms with Gasteiger partial charge in [-0.05, 0) is 30.5 Å². The molecule has 110 valence electrons. The molecule has 0 bridgehead atoms. The molecule has 0 N–H and O–H groups in total. The number of hydrogen-bond donors (Lipinski definition) is 1. The maximum absolute atomic E-state index is 12.4. The largest absolute Gasteiger partial charge is 0.416 e. The van der Waals surface area contributed by atoms with Crippen molar-refractivity contribution < 1.29 is 25.8 Å². The van der Waals surface area contributed by atoms with E-state index < -0.39 is 32.8 Å². The van der Waals surface area contributed by atoms with Gasteiger partial charge in [0, 0.05) is 0 Å². The summed E-state index contributed by atoms with van der Waals surface area (Å²) in [7, 11) is -5.23. The Morgan fingerprint density at radius 1 is 1.20 bits per heavy atom. The molecule has 20 heavy (non-hydrogen) atoms. The molecule has 1 aliphatic heterocycles. The summed E-state index contributed by atoms with van der Waals surface area (Å²) in [4.78, 5) is -0.372. The van der Waals surface area contributed by atoms with Gasteiger partial charge in [0.1, 0.15) is 4.90 Å². The Balaban J connectivity index is 2.22. The Morgan fingerprint density at radius 2 is 1.80 bits per heavy atom. The minimum atomic E-state index is -4.52. The van der Waals surface area contributed by atoms with Crippen LogP contribution in [0.4, 0.5) is 13.2 Å². The summed E-state index contributed by atoms with van der Waals surface area (Å²) in [6.07, 6.45) is -2.84. The van der Waals surface area contributed by atoms with Gasteiger partial charge in [0.25, 0.3) is 5.23 Å². The third-order valence-corrected chi connectivity index (χ3v) is 4.91. The summed E-state index contributed by atoms with van der Waals surface area (Å²) in [5.74, 6) is 0. The zero-order valence-corrected chi connectivity index (χ0v) is 11.7. The Kier molecular flexibility index (Phi) is 3.78. The number of halogens is 3. The number of nitrogens with zero attached hydrogens (tertiary/aromatic N) is 2. The van der Waals surface area contributed by atoms with Crippen LogP contribution in [0, 0.1) is 0 Å². The maximum Gasteiger partial charge on any atom is 0.416 e. The van der Waals surface area contributed by atoms with E-state index in [1.54, 1.807) is 6.26 Å². The fraction of sp³-hybridized carbons (Fsp3) is 0.200. The first kappa shape index (κ1) is 14.9. The minimum absolute atomic E-state index is 0.0557. The van der Waals surface area contributed by atoms with Crippen LogP contribution in [-0.4, -0.2) is 25.4 Å². The molecular formula is C10H9F3N2O3S2. The monoisotopic (exact) mass is 326 g/mol. The predicted molar refractivity (Wildman–Crippen MR) is 70.6 cm³/mol. The molecule has 0 amide bonds. The molecule has 0 saturated heterocycles. The molecule has 1 atom stereocenters. The van der Waals surface area contributed by atoms with Gasteiger partial charge >= 0.3 is 16.3 Å². The first-order valence-electron chi connectivity index (χ1n) is 5.16. The molecule has 1 unspecified atom stereocenters. The number of thiol groups is 1. The summed E-state index contributed by atoms with van der Waals surface area (Å²) in [6.45, 7) is 0. The van der Waals surface area contributed by atoms with Crippen LogP contribution in [-0.2, 0) is 20.5 Å². The lowest BCUT2D eigenvalue weighted by molar-refractivity contribution is -0.137. The summed E-state index contributed by atoms with van der Waals surface area (Å²) >= 11 is 0. The van der Waals surface area contributed by atoms with Crippen molar-refractivity contribution in [3.63, 3.8) is 0 Å². The second-order valence-electron chi connectivity index (χ2n) is 3.78. The predicted octanol–water partition coefficient (Wildman–Crippen LogP) is 2.35. The van der Waals surface area contributed by atoms with E-state index in [2.05, 4.69) is 10.2 Å². The Hall–Kier alpha value is -1.55. The van der Waals surface area contributed by atoms with Gasteiger partial charge in [-0.15, -0.1) is 21.1 Å². The highest BCUT2D eigenvalue weighted by molar-refractivity contribution is 8.39. The van der Waals surface area contributed by atoms with Crippen LogP contribution in [0.3, 0.4) is 0 Å². The Bertz CT molecular complexity index is 666. The van der Waals surface area contributed by atoms with E-state index in [9.17, 15) is 21.6 Å². The van der Waals surface area contributed by atoms with Crippen molar-refractivity contribution in [2.75, 3.05) is 6.26 Å². The molecule has 1 heterocycles. The van der Waals surface area contributed by atoms with Crippen molar-refractivity contribution in [2.24, 2.45) is 10.2 Å². The molecule has 0 aliphatic carbocycles. The summed E-state index contributed by atoms with van der Waals surface area (Å²) in [6, 6.07) is 3.04. The average Bonchev–Trinajstić information content (AvgIpc) is 2.73. The Labute approximate surface area is 115 Å². The summed E-state index contributed by atoms with van der Waals surface area (Å²) in [5.41, 5.74) is 0.517. The molecule has 0 fully saturated rings. The van der Waals surface area contributed by atoms with E-state index in [-0.39, 0.29) is 10.1 Å². The van der Waals surface area contributed by atoms with Gasteiger partial charge in [-0.2, -0.15) is 21.6 Å². The standard InChI is InChI=1S/C10H9F3N2O3S2/c1-19-6-14-15-9(19)18-20(16,17)8-4-2-7(3-5-8)10(11,12)13/h2-6,19H,1H3. The zero-order chi connectivity index (χ0) is 15.0. The number of rotatable bonds is 2. The third-order valence-electron chi connectivity index (χ3n) is 2.32. The molecule has 10 heteroatoms. The van der Waals surface area contributed by atoms with Crippen molar-refractivity contribution in [3.05, 3.63) is 29.8 Å². The topological polar surface area (TPSA) is 68.1 Å². The van der Waals surface area contributed by atoms with E-state index >= 15 is 0 Å². The van der Waals surface area contributed by atoms with Gasteiger partial charge in [0.2, 0.25) is 0 Å². The molecule has 1 aromatic rings. The fourth-order valence-electron chi connectivity index (χ4n) is 1.30. The van der Waals surface area contributed by atoms with Crippen LogP contribution in [0.1, 0.15) is 5.56 Å². The van der Waals surface area contributed by atoms with Crippen LogP contribution >= 0.6 is 10.9 Å². The normalized spacial score (nSPS) is 20.8. The van der Waals surface area contributed by atoms with Gasteiger partial charge in [0.05, 0.1) is 11.1 Å². The number of hydrogen-bond acceptors (Lipinski definition) is 5. The molecule has 0 saturated carbocycles. The summed E-state index contributed by atoms with van der Waals surface area (Å²) in [5, 5.41) is 6.99. The van der Waals surface area contributed by atoms with Gasteiger partial charge in [0.15, 0.2) is 0 Å². The third kappa shape index (κ3) is 3.12. The highest BCUT2D eigenvalue weighted by Crippen LogP contribution is 2.31. The molecule has 2 rings (SSSR count). The van der Waals surface area contributed by atoms with Crippen LogP contribution in [0.5, 0.6) is 0 Å². The molecule has 1 aromatic carbocycles. The van der Waals surface area contributed by atoms with Crippen LogP contribution < -0.4 is 0 Å². The lowest BCUT2D eigenvalue weighted by Crippen LogP contribution is -2.13. The highest BCUT2D eigenvalue weighted by Gasteiger charge is 2.31. The quantitative estimate of drug-likeness (QED) is 0.670. The molecule has 0 spiro atoms. The van der Waals surface area contributed by atoms with Crippen molar-refractivity contribution >= 4 is 31.8 Å². The van der Waals surface area contributed by atoms with Gasteiger partial charge in [-0.1, -0.05) is 0 Å². The SMILES string of the molecule is C[SH]1C=NN=C1OS(=O)(=O)c1ccc(C(F)(F)F)cc1. The van der Waals surface area contributed by atoms with Crippen LogP contribution in [0.2, 0.25) is 0 Å². The average molecular weight is 326 g/mol. The lowest BCUT2D eigenvalue weighted by Gasteiger charge is -2.11. The second kappa shape index (κ2) is 5.09. The van der Waals surface area contributed by atoms with Gasteiger partial charge < -0.3 is 4.18 Å². The summed E-state index contributed by atoms with van der Waals surface area (Å²) < 4.78 is 65.6.